The Kier molecular flexibility index (Phi) is 6.17. The zero-order valence-corrected chi connectivity index (χ0v) is 20.3. The standard InChI is InChI=1S/C26H18Cl3N3O2/c1-34-18-10-11-22-16(12-18)13-20(25(29)30-22)24-14-23(15-6-8-17(27)9-7-15)31-32(24)26(33)19-4-2-3-5-21(19)28/h2-13,24H,14H2,1H3. The lowest BCUT2D eigenvalue weighted by Gasteiger charge is -2.23. The van der Waals surface area contributed by atoms with Gasteiger partial charge in [0, 0.05) is 22.4 Å². The highest BCUT2D eigenvalue weighted by Crippen LogP contribution is 2.39. The number of fused-ring (bicyclic) bond motifs is 1. The van der Waals surface area contributed by atoms with E-state index in [0.29, 0.717) is 38.5 Å². The summed E-state index contributed by atoms with van der Waals surface area (Å²) in [5, 5.41) is 8.29. The molecule has 1 aliphatic heterocycles. The smallest absolute Gasteiger partial charge is 0.276 e. The van der Waals surface area contributed by atoms with Gasteiger partial charge in [0.25, 0.3) is 5.91 Å². The summed E-state index contributed by atoms with van der Waals surface area (Å²) in [6.45, 7) is 0. The second-order valence-electron chi connectivity index (χ2n) is 7.83. The molecule has 1 unspecified atom stereocenters. The van der Waals surface area contributed by atoms with Gasteiger partial charge >= 0.3 is 0 Å². The van der Waals surface area contributed by atoms with Crippen LogP contribution < -0.4 is 4.74 Å². The summed E-state index contributed by atoms with van der Waals surface area (Å²) in [5.74, 6) is 0.387. The maximum Gasteiger partial charge on any atom is 0.276 e. The Morgan fingerprint density at radius 2 is 1.76 bits per heavy atom. The number of aromatic nitrogens is 1. The van der Waals surface area contributed by atoms with Gasteiger partial charge in [-0.3, -0.25) is 4.79 Å². The molecular weight excluding hydrogens is 493 g/mol. The van der Waals surface area contributed by atoms with E-state index in [4.69, 9.17) is 44.6 Å². The van der Waals surface area contributed by atoms with Gasteiger partial charge in [-0.25, -0.2) is 9.99 Å². The van der Waals surface area contributed by atoms with E-state index in [9.17, 15) is 4.79 Å². The normalized spacial score (nSPS) is 15.5. The molecule has 0 spiro atoms. The number of methoxy groups -OCH3 is 1. The highest BCUT2D eigenvalue weighted by atomic mass is 35.5. The van der Waals surface area contributed by atoms with Gasteiger partial charge in [-0.15, -0.1) is 0 Å². The zero-order valence-electron chi connectivity index (χ0n) is 18.0. The SMILES string of the molecule is COc1ccc2nc(Cl)c(C3CC(c4ccc(Cl)cc4)=NN3C(=O)c3ccccc3Cl)cc2c1. The van der Waals surface area contributed by atoms with E-state index in [0.717, 1.165) is 22.2 Å². The molecule has 0 fully saturated rings. The van der Waals surface area contributed by atoms with Crippen LogP contribution in [0.15, 0.2) is 77.9 Å². The van der Waals surface area contributed by atoms with E-state index < -0.39 is 6.04 Å². The maximum atomic E-state index is 13.6. The molecule has 170 valence electrons. The molecule has 1 aromatic heterocycles. The topological polar surface area (TPSA) is 54.8 Å². The lowest BCUT2D eigenvalue weighted by atomic mass is 9.98. The molecule has 1 amide bonds. The first-order valence-electron chi connectivity index (χ1n) is 10.5. The number of benzene rings is 3. The van der Waals surface area contributed by atoms with E-state index in [1.807, 2.05) is 36.4 Å². The number of nitrogens with zero attached hydrogens (tertiary/aromatic N) is 3. The monoisotopic (exact) mass is 509 g/mol. The number of rotatable bonds is 4. The van der Waals surface area contributed by atoms with Crippen molar-refractivity contribution in [2.75, 3.05) is 7.11 Å². The number of amides is 1. The Morgan fingerprint density at radius 3 is 2.50 bits per heavy atom. The third-order valence-corrected chi connectivity index (χ3v) is 6.65. The first-order valence-corrected chi connectivity index (χ1v) is 11.6. The predicted octanol–water partition coefficient (Wildman–Crippen LogP) is 7.20. The van der Waals surface area contributed by atoms with Crippen LogP contribution in [0, 0.1) is 0 Å². The number of carbonyl (C=O) groups excluding carboxylic acids is 1. The predicted molar refractivity (Wildman–Crippen MR) is 136 cm³/mol. The van der Waals surface area contributed by atoms with E-state index in [1.165, 1.54) is 5.01 Å². The van der Waals surface area contributed by atoms with Crippen molar-refractivity contribution in [2.24, 2.45) is 5.10 Å². The van der Waals surface area contributed by atoms with Gasteiger partial charge in [-0.2, -0.15) is 5.10 Å². The van der Waals surface area contributed by atoms with Crippen molar-refractivity contribution < 1.29 is 9.53 Å². The van der Waals surface area contributed by atoms with Crippen molar-refractivity contribution in [3.8, 4) is 5.75 Å². The number of hydrogen-bond acceptors (Lipinski definition) is 4. The summed E-state index contributed by atoms with van der Waals surface area (Å²) in [5.41, 5.74) is 3.40. The number of hydrazone groups is 1. The minimum atomic E-state index is -0.468. The number of carbonyl (C=O) groups is 1. The third-order valence-electron chi connectivity index (χ3n) is 5.76. The molecule has 34 heavy (non-hydrogen) atoms. The van der Waals surface area contributed by atoms with Gasteiger partial charge in [0.15, 0.2) is 0 Å². The highest BCUT2D eigenvalue weighted by Gasteiger charge is 2.36. The zero-order chi connectivity index (χ0) is 23.8. The van der Waals surface area contributed by atoms with Crippen LogP contribution in [-0.2, 0) is 0 Å². The largest absolute Gasteiger partial charge is 0.497 e. The quantitative estimate of drug-likeness (QED) is 0.273. The molecule has 0 saturated carbocycles. The minimum Gasteiger partial charge on any atom is -0.497 e. The van der Waals surface area contributed by atoms with Gasteiger partial charge in [0.2, 0.25) is 0 Å². The fourth-order valence-corrected chi connectivity index (χ4v) is 4.64. The van der Waals surface area contributed by atoms with Crippen molar-refractivity contribution >= 4 is 57.3 Å². The van der Waals surface area contributed by atoms with E-state index in [1.54, 1.807) is 43.5 Å². The molecule has 0 N–H and O–H groups in total. The summed E-state index contributed by atoms with van der Waals surface area (Å²) in [4.78, 5) is 18.2. The summed E-state index contributed by atoms with van der Waals surface area (Å²) in [7, 11) is 1.61. The number of ether oxygens (including phenoxy) is 1. The average molecular weight is 511 g/mol. The number of pyridine rings is 1. The molecule has 8 heteroatoms. The highest BCUT2D eigenvalue weighted by molar-refractivity contribution is 6.34. The van der Waals surface area contributed by atoms with Gasteiger partial charge in [-0.05, 0) is 54.1 Å². The van der Waals surface area contributed by atoms with Crippen LogP contribution in [0.5, 0.6) is 5.75 Å². The molecule has 0 radical (unpaired) electrons. The molecule has 4 aromatic rings. The summed E-state index contributed by atoms with van der Waals surface area (Å²) in [6, 6.07) is 21.3. The molecule has 1 atom stereocenters. The molecule has 0 saturated heterocycles. The summed E-state index contributed by atoms with van der Waals surface area (Å²) < 4.78 is 5.36. The first kappa shape index (κ1) is 22.7. The van der Waals surface area contributed by atoms with Gasteiger partial charge in [-0.1, -0.05) is 59.1 Å². The van der Waals surface area contributed by atoms with Gasteiger partial charge < -0.3 is 4.74 Å². The molecule has 2 heterocycles. The Bertz CT molecular complexity index is 1440. The van der Waals surface area contributed by atoms with Crippen LogP contribution in [0.2, 0.25) is 15.2 Å². The van der Waals surface area contributed by atoms with E-state index >= 15 is 0 Å². The average Bonchev–Trinajstić information content (AvgIpc) is 3.29. The Balaban J connectivity index is 1.62. The maximum absolute atomic E-state index is 13.6. The number of halogens is 3. The number of hydrogen-bond donors (Lipinski definition) is 0. The summed E-state index contributed by atoms with van der Waals surface area (Å²) in [6.07, 6.45) is 0.453. The van der Waals surface area contributed by atoms with E-state index in [2.05, 4.69) is 4.98 Å². The van der Waals surface area contributed by atoms with Crippen LogP contribution >= 0.6 is 34.8 Å². The minimum absolute atomic E-state index is 0.312. The fraction of sp³-hybridized carbons (Fsp3) is 0.115. The van der Waals surface area contributed by atoms with Crippen LogP contribution in [0.25, 0.3) is 10.9 Å². The second-order valence-corrected chi connectivity index (χ2v) is 9.03. The van der Waals surface area contributed by atoms with Gasteiger partial charge in [0.1, 0.15) is 10.9 Å². The summed E-state index contributed by atoms with van der Waals surface area (Å²) >= 11 is 19.1. The van der Waals surface area contributed by atoms with Crippen LogP contribution in [0.4, 0.5) is 0 Å². The van der Waals surface area contributed by atoms with Crippen molar-refractivity contribution in [1.29, 1.82) is 0 Å². The van der Waals surface area contributed by atoms with Crippen molar-refractivity contribution in [2.45, 2.75) is 12.5 Å². The molecule has 0 bridgehead atoms. The first-order chi connectivity index (χ1) is 16.4. The molecule has 5 nitrogen and oxygen atoms in total. The van der Waals surface area contributed by atoms with Crippen LogP contribution in [-0.4, -0.2) is 28.7 Å². The molecule has 0 aliphatic carbocycles. The Hall–Kier alpha value is -3.12. The Morgan fingerprint density at radius 1 is 1.00 bits per heavy atom. The third kappa shape index (κ3) is 4.23. The second kappa shape index (κ2) is 9.26. The molecule has 5 rings (SSSR count). The molecule has 3 aromatic carbocycles. The van der Waals surface area contributed by atoms with E-state index in [-0.39, 0.29) is 5.91 Å². The van der Waals surface area contributed by atoms with Gasteiger partial charge in [0.05, 0.1) is 35.0 Å². The van der Waals surface area contributed by atoms with Crippen LogP contribution in [0.1, 0.15) is 33.9 Å². The lowest BCUT2D eigenvalue weighted by molar-refractivity contribution is 0.0711. The molecular formula is C26H18Cl3N3O2. The van der Waals surface area contributed by atoms with Crippen LogP contribution in [0.3, 0.4) is 0 Å². The van der Waals surface area contributed by atoms with Crippen molar-refractivity contribution in [1.82, 2.24) is 9.99 Å². The molecule has 1 aliphatic rings. The fourth-order valence-electron chi connectivity index (χ4n) is 4.02. The van der Waals surface area contributed by atoms with Crippen molar-refractivity contribution in [3.63, 3.8) is 0 Å². The Labute approximate surface area is 211 Å². The lowest BCUT2D eigenvalue weighted by Crippen LogP contribution is -2.27. The van der Waals surface area contributed by atoms with Crippen molar-refractivity contribution in [3.05, 3.63) is 105 Å².